The maximum Gasteiger partial charge on any atom is 0.271 e. The number of hydrogen-bond acceptors (Lipinski definition) is 4. The first-order valence-electron chi connectivity index (χ1n) is 6.65. The SMILES string of the molecule is CCCCn1nc(-c2ccccn2)cc(CC#N)c1=O. The average molecular weight is 268 g/mol. The van der Waals surface area contributed by atoms with Crippen LogP contribution >= 0.6 is 0 Å². The third kappa shape index (κ3) is 3.09. The summed E-state index contributed by atoms with van der Waals surface area (Å²) in [7, 11) is 0. The number of aryl methyl sites for hydroxylation is 1. The van der Waals surface area contributed by atoms with Crippen LogP contribution in [0.15, 0.2) is 35.3 Å². The Balaban J connectivity index is 2.50. The molecular formula is C15H16N4O. The third-order valence-electron chi connectivity index (χ3n) is 2.97. The minimum Gasteiger partial charge on any atom is -0.267 e. The summed E-state index contributed by atoms with van der Waals surface area (Å²) in [4.78, 5) is 16.4. The Morgan fingerprint density at radius 2 is 2.20 bits per heavy atom. The molecule has 2 heterocycles. The summed E-state index contributed by atoms with van der Waals surface area (Å²) in [6.07, 6.45) is 3.63. The Kier molecular flexibility index (Phi) is 4.61. The van der Waals surface area contributed by atoms with Gasteiger partial charge in [0.1, 0.15) is 5.69 Å². The van der Waals surface area contributed by atoms with Crippen molar-refractivity contribution in [2.75, 3.05) is 0 Å². The number of unbranched alkanes of at least 4 members (excludes halogenated alkanes) is 1. The molecule has 0 radical (unpaired) electrons. The standard InChI is InChI=1S/C15H16N4O/c1-2-3-10-19-15(20)12(7-8-16)11-14(18-19)13-6-4-5-9-17-13/h4-6,9,11H,2-3,7,10H2,1H3. The molecule has 0 unspecified atom stereocenters. The van der Waals surface area contributed by atoms with Crippen molar-refractivity contribution < 1.29 is 0 Å². The van der Waals surface area contributed by atoms with Gasteiger partial charge in [-0.05, 0) is 24.6 Å². The van der Waals surface area contributed by atoms with Crippen LogP contribution in [0.2, 0.25) is 0 Å². The van der Waals surface area contributed by atoms with E-state index in [0.29, 0.717) is 23.5 Å². The lowest BCUT2D eigenvalue weighted by Crippen LogP contribution is -2.26. The van der Waals surface area contributed by atoms with Crippen LogP contribution in [0.5, 0.6) is 0 Å². The predicted octanol–water partition coefficient (Wildman–Crippen LogP) is 2.17. The molecule has 0 aliphatic carbocycles. The summed E-state index contributed by atoms with van der Waals surface area (Å²) in [5.74, 6) is 0. The van der Waals surface area contributed by atoms with Crippen LogP contribution in [0.4, 0.5) is 0 Å². The fraction of sp³-hybridized carbons (Fsp3) is 0.333. The molecule has 2 aromatic heterocycles. The number of nitrogens with zero attached hydrogens (tertiary/aromatic N) is 4. The minimum atomic E-state index is -0.181. The number of aromatic nitrogens is 3. The van der Waals surface area contributed by atoms with Gasteiger partial charge in [0.15, 0.2) is 0 Å². The number of hydrogen-bond donors (Lipinski definition) is 0. The molecule has 0 aromatic carbocycles. The van der Waals surface area contributed by atoms with Crippen molar-refractivity contribution in [2.24, 2.45) is 0 Å². The summed E-state index contributed by atoms with van der Waals surface area (Å²) in [6.45, 7) is 2.62. The molecule has 5 heteroatoms. The van der Waals surface area contributed by atoms with Crippen LogP contribution in [0.1, 0.15) is 25.3 Å². The largest absolute Gasteiger partial charge is 0.271 e. The second kappa shape index (κ2) is 6.62. The third-order valence-corrected chi connectivity index (χ3v) is 2.97. The van der Waals surface area contributed by atoms with E-state index in [1.807, 2.05) is 24.3 Å². The van der Waals surface area contributed by atoms with Crippen LogP contribution in [0.25, 0.3) is 11.4 Å². The first-order valence-corrected chi connectivity index (χ1v) is 6.65. The van der Waals surface area contributed by atoms with Crippen LogP contribution in [0.3, 0.4) is 0 Å². The van der Waals surface area contributed by atoms with E-state index in [1.54, 1.807) is 12.3 Å². The molecule has 0 atom stereocenters. The highest BCUT2D eigenvalue weighted by Crippen LogP contribution is 2.13. The van der Waals surface area contributed by atoms with E-state index in [1.165, 1.54) is 4.68 Å². The van der Waals surface area contributed by atoms with Gasteiger partial charge >= 0.3 is 0 Å². The van der Waals surface area contributed by atoms with E-state index in [2.05, 4.69) is 17.0 Å². The molecule has 0 amide bonds. The highest BCUT2D eigenvalue weighted by molar-refractivity contribution is 5.53. The Labute approximate surface area is 117 Å². The highest BCUT2D eigenvalue weighted by atomic mass is 16.1. The maximum absolute atomic E-state index is 12.2. The molecule has 2 aromatic rings. The Morgan fingerprint density at radius 3 is 2.85 bits per heavy atom. The van der Waals surface area contributed by atoms with Gasteiger partial charge in [-0.1, -0.05) is 19.4 Å². The van der Waals surface area contributed by atoms with Gasteiger partial charge in [-0.15, -0.1) is 0 Å². The van der Waals surface area contributed by atoms with E-state index in [-0.39, 0.29) is 12.0 Å². The van der Waals surface area contributed by atoms with Crippen molar-refractivity contribution in [3.63, 3.8) is 0 Å². The molecule has 0 bridgehead atoms. The molecule has 0 aliphatic rings. The Hall–Kier alpha value is -2.48. The molecule has 0 aliphatic heterocycles. The zero-order valence-corrected chi connectivity index (χ0v) is 11.4. The maximum atomic E-state index is 12.2. The van der Waals surface area contributed by atoms with Gasteiger partial charge in [0.2, 0.25) is 0 Å². The first-order chi connectivity index (χ1) is 9.76. The van der Waals surface area contributed by atoms with E-state index < -0.39 is 0 Å². The molecule has 0 saturated heterocycles. The van der Waals surface area contributed by atoms with Gasteiger partial charge in [-0.25, -0.2) is 4.68 Å². The second-order valence-electron chi connectivity index (χ2n) is 4.49. The second-order valence-corrected chi connectivity index (χ2v) is 4.49. The topological polar surface area (TPSA) is 71.6 Å². The van der Waals surface area contributed by atoms with E-state index in [9.17, 15) is 4.79 Å². The summed E-state index contributed by atoms with van der Waals surface area (Å²) >= 11 is 0. The molecule has 20 heavy (non-hydrogen) atoms. The van der Waals surface area contributed by atoms with Gasteiger partial charge in [-0.3, -0.25) is 9.78 Å². The van der Waals surface area contributed by atoms with Crippen LogP contribution in [0, 0.1) is 11.3 Å². The van der Waals surface area contributed by atoms with Gasteiger partial charge in [-0.2, -0.15) is 10.4 Å². The number of rotatable bonds is 5. The number of nitriles is 1. The Bertz CT molecular complexity index is 671. The molecule has 0 fully saturated rings. The van der Waals surface area contributed by atoms with Crippen molar-refractivity contribution >= 4 is 0 Å². The quantitative estimate of drug-likeness (QED) is 0.833. The summed E-state index contributed by atoms with van der Waals surface area (Å²) in [6, 6.07) is 9.23. The van der Waals surface area contributed by atoms with E-state index in [0.717, 1.165) is 12.8 Å². The van der Waals surface area contributed by atoms with Gasteiger partial charge in [0, 0.05) is 18.3 Å². The van der Waals surface area contributed by atoms with Crippen molar-refractivity contribution in [3.05, 3.63) is 46.4 Å². The lowest BCUT2D eigenvalue weighted by atomic mass is 10.1. The number of pyridine rings is 1. The van der Waals surface area contributed by atoms with Crippen LogP contribution in [-0.2, 0) is 13.0 Å². The van der Waals surface area contributed by atoms with E-state index in [4.69, 9.17) is 5.26 Å². The molecule has 5 nitrogen and oxygen atoms in total. The first kappa shape index (κ1) is 13.9. The summed E-state index contributed by atoms with van der Waals surface area (Å²) in [5.41, 5.74) is 1.63. The molecule has 0 spiro atoms. The fourth-order valence-electron chi connectivity index (χ4n) is 1.91. The zero-order chi connectivity index (χ0) is 14.4. The van der Waals surface area contributed by atoms with Gasteiger partial charge in [0.05, 0.1) is 18.2 Å². The highest BCUT2D eigenvalue weighted by Gasteiger charge is 2.10. The van der Waals surface area contributed by atoms with Crippen molar-refractivity contribution in [1.82, 2.24) is 14.8 Å². The van der Waals surface area contributed by atoms with Crippen LogP contribution in [-0.4, -0.2) is 14.8 Å². The van der Waals surface area contributed by atoms with Gasteiger partial charge < -0.3 is 0 Å². The van der Waals surface area contributed by atoms with Crippen LogP contribution < -0.4 is 5.56 Å². The minimum absolute atomic E-state index is 0.0906. The molecule has 0 N–H and O–H groups in total. The fourth-order valence-corrected chi connectivity index (χ4v) is 1.91. The molecule has 0 saturated carbocycles. The Morgan fingerprint density at radius 1 is 1.35 bits per heavy atom. The zero-order valence-electron chi connectivity index (χ0n) is 11.4. The lowest BCUT2D eigenvalue weighted by molar-refractivity contribution is 0.541. The summed E-state index contributed by atoms with van der Waals surface area (Å²) in [5, 5.41) is 13.2. The smallest absolute Gasteiger partial charge is 0.267 e. The monoisotopic (exact) mass is 268 g/mol. The van der Waals surface area contributed by atoms with Crippen molar-refractivity contribution in [3.8, 4) is 17.5 Å². The predicted molar refractivity (Wildman–Crippen MR) is 76.0 cm³/mol. The molecular weight excluding hydrogens is 252 g/mol. The van der Waals surface area contributed by atoms with Crippen molar-refractivity contribution in [2.45, 2.75) is 32.7 Å². The summed E-state index contributed by atoms with van der Waals surface area (Å²) < 4.78 is 1.44. The average Bonchev–Trinajstić information content (AvgIpc) is 2.49. The van der Waals surface area contributed by atoms with Gasteiger partial charge in [0.25, 0.3) is 5.56 Å². The van der Waals surface area contributed by atoms with Crippen molar-refractivity contribution in [1.29, 1.82) is 5.26 Å². The normalized spacial score (nSPS) is 10.2. The van der Waals surface area contributed by atoms with E-state index >= 15 is 0 Å². The molecule has 2 rings (SSSR count). The lowest BCUT2D eigenvalue weighted by Gasteiger charge is -2.08. The molecule has 102 valence electrons.